The van der Waals surface area contributed by atoms with Crippen molar-refractivity contribution in [2.45, 2.75) is 49.3 Å². The van der Waals surface area contributed by atoms with Crippen LogP contribution in [0.4, 0.5) is 0 Å². The predicted molar refractivity (Wildman–Crippen MR) is 79.1 cm³/mol. The Bertz CT molecular complexity index is 461. The highest BCUT2D eigenvalue weighted by molar-refractivity contribution is 7.86. The van der Waals surface area contributed by atoms with Crippen LogP contribution in [0.2, 0.25) is 0 Å². The third-order valence-electron chi connectivity index (χ3n) is 3.60. The van der Waals surface area contributed by atoms with Gasteiger partial charge in [0, 0.05) is 6.04 Å². The van der Waals surface area contributed by atoms with Crippen LogP contribution in [0.25, 0.3) is 0 Å². The maximum absolute atomic E-state index is 12.7. The predicted octanol–water partition coefficient (Wildman–Crippen LogP) is 3.03. The first kappa shape index (κ1) is 14.5. The van der Waals surface area contributed by atoms with Gasteiger partial charge in [-0.05, 0) is 31.0 Å². The molecule has 3 nitrogen and oxygen atoms in total. The van der Waals surface area contributed by atoms with Crippen LogP contribution in [0.15, 0.2) is 23.1 Å². The molecule has 0 bridgehead atoms. The molecule has 0 aliphatic carbocycles. The summed E-state index contributed by atoms with van der Waals surface area (Å²) in [6.07, 6.45) is 3.12. The Morgan fingerprint density at radius 2 is 2.11 bits per heavy atom. The van der Waals surface area contributed by atoms with Crippen molar-refractivity contribution in [1.82, 2.24) is 5.32 Å². The molecule has 1 aromatic rings. The summed E-state index contributed by atoms with van der Waals surface area (Å²) >= 11 is 0. The van der Waals surface area contributed by atoms with Gasteiger partial charge in [-0.1, -0.05) is 32.4 Å². The summed E-state index contributed by atoms with van der Waals surface area (Å²) in [6.45, 7) is 5.26. The minimum absolute atomic E-state index is 0.169. The maximum atomic E-state index is 12.7. The van der Waals surface area contributed by atoms with Gasteiger partial charge in [0.1, 0.15) is 5.75 Å². The zero-order valence-electron chi connectivity index (χ0n) is 11.9. The Morgan fingerprint density at radius 1 is 1.32 bits per heavy atom. The molecule has 0 radical (unpaired) electrons. The molecule has 4 heteroatoms. The first-order chi connectivity index (χ1) is 9.24. The second kappa shape index (κ2) is 6.53. The smallest absolute Gasteiger partial charge is 0.135 e. The molecule has 0 spiro atoms. The van der Waals surface area contributed by atoms with Gasteiger partial charge in [0.2, 0.25) is 0 Å². The van der Waals surface area contributed by atoms with Gasteiger partial charge < -0.3 is 10.1 Å². The van der Waals surface area contributed by atoms with E-state index in [-0.39, 0.29) is 11.3 Å². The number of methoxy groups -OCH3 is 1. The first-order valence-corrected chi connectivity index (χ1v) is 8.26. The van der Waals surface area contributed by atoms with Crippen molar-refractivity contribution in [2.75, 3.05) is 13.7 Å². The van der Waals surface area contributed by atoms with Crippen LogP contribution in [0, 0.1) is 0 Å². The average Bonchev–Trinajstić information content (AvgIpc) is 2.70. The highest BCUT2D eigenvalue weighted by Crippen LogP contribution is 2.42. The van der Waals surface area contributed by atoms with E-state index < -0.39 is 10.8 Å². The van der Waals surface area contributed by atoms with Crippen LogP contribution in [-0.2, 0) is 10.8 Å². The Balaban J connectivity index is 2.39. The van der Waals surface area contributed by atoms with Gasteiger partial charge in [-0.15, -0.1) is 0 Å². The standard InChI is InChI=1S/C15H23NO2S/c1-4-7-13-14(16-10-5-2)11-8-6-9-12(18-3)15(11)19(13)17/h6,8-9,13-14,16H,4-5,7,10H2,1-3H3. The molecule has 0 aromatic heterocycles. The number of ether oxygens (including phenoxy) is 1. The molecule has 1 heterocycles. The molecular formula is C15H23NO2S. The van der Waals surface area contributed by atoms with Gasteiger partial charge >= 0.3 is 0 Å². The fraction of sp³-hybridized carbons (Fsp3) is 0.600. The summed E-state index contributed by atoms with van der Waals surface area (Å²) in [5, 5.41) is 3.72. The quantitative estimate of drug-likeness (QED) is 0.871. The SMILES string of the molecule is CCCNC1c2cccc(OC)c2S(=O)C1CCC. The van der Waals surface area contributed by atoms with Crippen molar-refractivity contribution < 1.29 is 8.95 Å². The van der Waals surface area contributed by atoms with Gasteiger partial charge in [-0.25, -0.2) is 0 Å². The van der Waals surface area contributed by atoms with Gasteiger partial charge in [0.05, 0.1) is 28.1 Å². The van der Waals surface area contributed by atoms with Gasteiger partial charge in [0.15, 0.2) is 0 Å². The third-order valence-corrected chi connectivity index (χ3v) is 5.50. The first-order valence-electron chi connectivity index (χ1n) is 7.05. The van der Waals surface area contributed by atoms with Crippen molar-refractivity contribution in [2.24, 2.45) is 0 Å². The van der Waals surface area contributed by atoms with Crippen molar-refractivity contribution >= 4 is 10.8 Å². The Labute approximate surface area is 118 Å². The lowest BCUT2D eigenvalue weighted by atomic mass is 10.0. The Kier molecular flexibility index (Phi) is 4.99. The van der Waals surface area contributed by atoms with Crippen molar-refractivity contribution in [3.05, 3.63) is 23.8 Å². The van der Waals surface area contributed by atoms with E-state index in [2.05, 4.69) is 25.2 Å². The number of hydrogen-bond acceptors (Lipinski definition) is 3. The van der Waals surface area contributed by atoms with Crippen LogP contribution < -0.4 is 10.1 Å². The average molecular weight is 281 g/mol. The van der Waals surface area contributed by atoms with E-state index in [4.69, 9.17) is 4.74 Å². The molecule has 3 atom stereocenters. The largest absolute Gasteiger partial charge is 0.495 e. The summed E-state index contributed by atoms with van der Waals surface area (Å²) in [5.41, 5.74) is 1.16. The summed E-state index contributed by atoms with van der Waals surface area (Å²) < 4.78 is 18.1. The molecule has 1 aliphatic heterocycles. The van der Waals surface area contributed by atoms with E-state index in [1.54, 1.807) is 7.11 Å². The monoisotopic (exact) mass is 281 g/mol. The topological polar surface area (TPSA) is 38.3 Å². The van der Waals surface area contributed by atoms with Crippen molar-refractivity contribution in [1.29, 1.82) is 0 Å². The van der Waals surface area contributed by atoms with E-state index in [9.17, 15) is 4.21 Å². The summed E-state index contributed by atoms with van der Waals surface area (Å²) in [4.78, 5) is 0.900. The van der Waals surface area contributed by atoms with E-state index in [1.165, 1.54) is 0 Å². The van der Waals surface area contributed by atoms with Gasteiger partial charge in [-0.2, -0.15) is 0 Å². The molecule has 2 rings (SSSR count). The molecular weight excluding hydrogens is 258 g/mol. The minimum atomic E-state index is -0.968. The highest BCUT2D eigenvalue weighted by Gasteiger charge is 2.39. The van der Waals surface area contributed by atoms with Crippen LogP contribution in [-0.4, -0.2) is 23.1 Å². The van der Waals surface area contributed by atoms with Gasteiger partial charge in [-0.3, -0.25) is 4.21 Å². The fourth-order valence-corrected chi connectivity index (χ4v) is 4.75. The molecule has 19 heavy (non-hydrogen) atoms. The zero-order chi connectivity index (χ0) is 13.8. The molecule has 0 saturated carbocycles. The Hall–Kier alpha value is -0.870. The molecule has 0 amide bonds. The van der Waals surface area contributed by atoms with E-state index in [0.29, 0.717) is 0 Å². The summed E-state index contributed by atoms with van der Waals surface area (Å²) in [7, 11) is 0.679. The highest BCUT2D eigenvalue weighted by atomic mass is 32.2. The molecule has 1 N–H and O–H groups in total. The lowest BCUT2D eigenvalue weighted by Crippen LogP contribution is -2.30. The lowest BCUT2D eigenvalue weighted by Gasteiger charge is -2.19. The number of nitrogens with one attached hydrogen (secondary N) is 1. The number of fused-ring (bicyclic) bond motifs is 1. The molecule has 106 valence electrons. The molecule has 1 aromatic carbocycles. The van der Waals surface area contributed by atoms with Crippen LogP contribution in [0.3, 0.4) is 0 Å². The molecule has 3 unspecified atom stereocenters. The third kappa shape index (κ3) is 2.70. The van der Waals surface area contributed by atoms with E-state index >= 15 is 0 Å². The Morgan fingerprint density at radius 3 is 2.74 bits per heavy atom. The number of benzene rings is 1. The molecule has 0 saturated heterocycles. The van der Waals surface area contributed by atoms with Crippen molar-refractivity contribution in [3.63, 3.8) is 0 Å². The molecule has 1 aliphatic rings. The molecule has 0 fully saturated rings. The van der Waals surface area contributed by atoms with Gasteiger partial charge in [0.25, 0.3) is 0 Å². The van der Waals surface area contributed by atoms with Crippen LogP contribution in [0.1, 0.15) is 44.7 Å². The number of hydrogen-bond donors (Lipinski definition) is 1. The zero-order valence-corrected chi connectivity index (χ0v) is 12.8. The number of rotatable bonds is 6. The van der Waals surface area contributed by atoms with Crippen LogP contribution in [0.5, 0.6) is 5.75 Å². The summed E-state index contributed by atoms with van der Waals surface area (Å²) in [5.74, 6) is 0.762. The second-order valence-corrected chi connectivity index (χ2v) is 6.54. The summed E-state index contributed by atoms with van der Waals surface area (Å²) in [6, 6.07) is 6.18. The maximum Gasteiger partial charge on any atom is 0.135 e. The van der Waals surface area contributed by atoms with Crippen LogP contribution >= 0.6 is 0 Å². The fourth-order valence-electron chi connectivity index (χ4n) is 2.73. The van der Waals surface area contributed by atoms with E-state index in [0.717, 1.165) is 42.0 Å². The van der Waals surface area contributed by atoms with E-state index in [1.807, 2.05) is 12.1 Å². The second-order valence-electron chi connectivity index (χ2n) is 4.93. The van der Waals surface area contributed by atoms with Crippen molar-refractivity contribution in [3.8, 4) is 5.75 Å². The lowest BCUT2D eigenvalue weighted by molar-refractivity contribution is 0.402. The minimum Gasteiger partial charge on any atom is -0.495 e. The normalized spacial score (nSPS) is 25.3.